The van der Waals surface area contributed by atoms with Gasteiger partial charge in [0.1, 0.15) is 0 Å². The van der Waals surface area contributed by atoms with Crippen LogP contribution in [0, 0.1) is 6.92 Å². The second-order valence-corrected chi connectivity index (χ2v) is 7.03. The number of hydrogen-bond acceptors (Lipinski definition) is 1. The first-order chi connectivity index (χ1) is 10.1. The molecule has 0 saturated carbocycles. The molecule has 0 spiro atoms. The second-order valence-electron chi connectivity index (χ2n) is 4.80. The van der Waals surface area contributed by atoms with Crippen LogP contribution in [0.5, 0.6) is 0 Å². The fourth-order valence-electron chi connectivity index (χ4n) is 2.05. The van der Waals surface area contributed by atoms with Crippen molar-refractivity contribution in [3.8, 4) is 0 Å². The van der Waals surface area contributed by atoms with Gasteiger partial charge in [0.05, 0.1) is 0 Å². The third-order valence-corrected chi connectivity index (χ3v) is 5.41. The van der Waals surface area contributed by atoms with Crippen molar-refractivity contribution in [2.75, 3.05) is 11.9 Å². The van der Waals surface area contributed by atoms with E-state index in [1.54, 1.807) is 4.90 Å². The van der Waals surface area contributed by atoms with E-state index in [0.29, 0.717) is 0 Å². The van der Waals surface area contributed by atoms with Crippen molar-refractivity contribution in [3.63, 3.8) is 0 Å². The Kier molecular flexibility index (Phi) is 5.38. The molecule has 3 heteroatoms. The van der Waals surface area contributed by atoms with Gasteiger partial charge in [-0.2, -0.15) is 0 Å². The molecule has 1 amide bonds. The minimum absolute atomic E-state index is 0.0436. The Hall–Kier alpha value is -1.83. The molecule has 2 aromatic rings. The molecule has 0 heterocycles. The molecule has 0 aliphatic carbocycles. The average molecular weight is 344 g/mol. The molecule has 2 nitrogen and oxygen atoms in total. The van der Waals surface area contributed by atoms with Gasteiger partial charge in [0.25, 0.3) is 0 Å². The summed E-state index contributed by atoms with van der Waals surface area (Å²) in [7, 11) is 1.83. The van der Waals surface area contributed by atoms with Crippen molar-refractivity contribution in [2.45, 2.75) is 12.2 Å². The molecule has 0 aliphatic rings. The monoisotopic (exact) mass is 345 g/mol. The van der Waals surface area contributed by atoms with Crippen LogP contribution in [-0.4, -0.2) is 27.9 Å². The van der Waals surface area contributed by atoms with Gasteiger partial charge in [-0.3, -0.25) is 0 Å². The predicted molar refractivity (Wildman–Crippen MR) is 90.7 cm³/mol. The summed E-state index contributed by atoms with van der Waals surface area (Å²) in [6.45, 7) is 5.79. The number of aryl methyl sites for hydroxylation is 1. The topological polar surface area (TPSA) is 20.3 Å². The Balaban J connectivity index is 2.29. The maximum atomic E-state index is 12.8. The summed E-state index contributed by atoms with van der Waals surface area (Å²) < 4.78 is 1.13. The van der Waals surface area contributed by atoms with Crippen molar-refractivity contribution in [1.82, 2.24) is 0 Å². The van der Waals surface area contributed by atoms with Crippen LogP contribution in [0.15, 0.2) is 61.2 Å². The Morgan fingerprint density at radius 2 is 2.00 bits per heavy atom. The van der Waals surface area contributed by atoms with Gasteiger partial charge in [-0.25, -0.2) is 0 Å². The number of allylic oxidation sites excluding steroid dienone is 1. The van der Waals surface area contributed by atoms with Gasteiger partial charge >= 0.3 is 132 Å². The fraction of sp³-hybridized carbons (Fsp3) is 0.167. The number of carbonyl (C=O) groups excluding carboxylic acids is 1. The number of nitrogens with zero attached hydrogens (tertiary/aromatic N) is 1. The minimum atomic E-state index is 0.0436. The molecular formula is C18H19NOSe. The third kappa shape index (κ3) is 3.84. The van der Waals surface area contributed by atoms with Gasteiger partial charge in [-0.15, -0.1) is 0 Å². The molecule has 2 rings (SSSR count). The zero-order valence-electron chi connectivity index (χ0n) is 12.4. The Morgan fingerprint density at radius 3 is 2.71 bits per heavy atom. The van der Waals surface area contributed by atoms with E-state index in [-0.39, 0.29) is 20.9 Å². The Morgan fingerprint density at radius 1 is 1.24 bits per heavy atom. The van der Waals surface area contributed by atoms with E-state index in [0.717, 1.165) is 26.6 Å². The number of rotatable bonds is 5. The van der Waals surface area contributed by atoms with Crippen LogP contribution in [0.25, 0.3) is 0 Å². The van der Waals surface area contributed by atoms with Crippen LogP contribution < -0.4 is 9.36 Å². The molecule has 0 saturated heterocycles. The quantitative estimate of drug-likeness (QED) is 0.603. The van der Waals surface area contributed by atoms with Crippen LogP contribution in [-0.2, 0) is 0 Å². The molecule has 0 aliphatic heterocycles. The first-order valence-electron chi connectivity index (χ1n) is 6.81. The molecule has 0 atom stereocenters. The van der Waals surface area contributed by atoms with Crippen LogP contribution in [0.4, 0.5) is 5.69 Å². The van der Waals surface area contributed by atoms with Crippen molar-refractivity contribution >= 4 is 31.0 Å². The summed E-state index contributed by atoms with van der Waals surface area (Å²) >= 11 is 0.251. The second kappa shape index (κ2) is 7.26. The van der Waals surface area contributed by atoms with Crippen LogP contribution in [0.2, 0.25) is 5.32 Å². The van der Waals surface area contributed by atoms with Crippen molar-refractivity contribution in [2.24, 2.45) is 0 Å². The Labute approximate surface area is 132 Å². The normalized spacial score (nSPS) is 10.2. The van der Waals surface area contributed by atoms with E-state index in [1.807, 2.05) is 68.6 Å². The van der Waals surface area contributed by atoms with Gasteiger partial charge in [0.15, 0.2) is 0 Å². The zero-order valence-corrected chi connectivity index (χ0v) is 14.1. The number of hydrogen-bond donors (Lipinski definition) is 0. The number of benzene rings is 2. The van der Waals surface area contributed by atoms with Crippen molar-refractivity contribution in [1.29, 1.82) is 0 Å². The molecule has 0 bridgehead atoms. The van der Waals surface area contributed by atoms with E-state index in [9.17, 15) is 4.79 Å². The van der Waals surface area contributed by atoms with Gasteiger partial charge in [-0.1, -0.05) is 0 Å². The summed E-state index contributed by atoms with van der Waals surface area (Å²) in [6, 6.07) is 15.9. The summed E-state index contributed by atoms with van der Waals surface area (Å²) in [4.78, 5) is 14.5. The van der Waals surface area contributed by atoms with E-state index < -0.39 is 0 Å². The molecule has 0 fully saturated rings. The Bertz CT molecular complexity index is 651. The van der Waals surface area contributed by atoms with Crippen molar-refractivity contribution in [3.05, 3.63) is 72.3 Å². The first kappa shape index (κ1) is 15.6. The van der Waals surface area contributed by atoms with E-state index in [1.165, 1.54) is 0 Å². The maximum absolute atomic E-state index is 12.8. The van der Waals surface area contributed by atoms with Crippen molar-refractivity contribution < 1.29 is 4.79 Å². The number of carbonyl (C=O) groups is 1. The molecule has 0 unspecified atom stereocenters. The number of amides is 1. The van der Waals surface area contributed by atoms with E-state index >= 15 is 0 Å². The predicted octanol–water partition coefficient (Wildman–Crippen LogP) is 3.21. The summed E-state index contributed by atoms with van der Waals surface area (Å²) in [6.07, 6.45) is 1.91. The van der Waals surface area contributed by atoms with E-state index in [2.05, 4.69) is 6.58 Å². The van der Waals surface area contributed by atoms with Gasteiger partial charge in [0, 0.05) is 0 Å². The molecule has 0 aromatic heterocycles. The standard InChI is InChI=1S/C18H19NOSe/c1-4-12-21-17-11-6-5-10-16(17)18(20)19(3)15-9-7-8-14(2)13-15/h4-11,13H,1,12H2,2-3H3. The van der Waals surface area contributed by atoms with Crippen LogP contribution in [0.1, 0.15) is 15.9 Å². The summed E-state index contributed by atoms with van der Waals surface area (Å²) in [5, 5.41) is 0.936. The molecule has 0 N–H and O–H groups in total. The first-order valence-corrected chi connectivity index (χ1v) is 8.87. The third-order valence-electron chi connectivity index (χ3n) is 3.17. The fourth-order valence-corrected chi connectivity index (χ4v) is 3.70. The molecule has 0 radical (unpaired) electrons. The van der Waals surface area contributed by atoms with Crippen LogP contribution in [0.3, 0.4) is 0 Å². The molecule has 21 heavy (non-hydrogen) atoms. The van der Waals surface area contributed by atoms with Crippen LogP contribution >= 0.6 is 0 Å². The summed E-state index contributed by atoms with van der Waals surface area (Å²) in [5.74, 6) is 0.0436. The molecular weight excluding hydrogens is 325 g/mol. The van der Waals surface area contributed by atoms with Gasteiger partial charge in [-0.05, 0) is 0 Å². The SMILES string of the molecule is C=CC[Se]c1ccccc1C(=O)N(C)c1cccc(C)c1. The molecule has 108 valence electrons. The van der Waals surface area contributed by atoms with Gasteiger partial charge in [0.2, 0.25) is 0 Å². The zero-order chi connectivity index (χ0) is 15.2. The van der Waals surface area contributed by atoms with Gasteiger partial charge < -0.3 is 0 Å². The molecule has 2 aromatic carbocycles. The van der Waals surface area contributed by atoms with E-state index in [4.69, 9.17) is 0 Å². The average Bonchev–Trinajstić information content (AvgIpc) is 2.51. The number of anilines is 1. The summed E-state index contributed by atoms with van der Waals surface area (Å²) in [5.41, 5.74) is 2.87.